The van der Waals surface area contributed by atoms with E-state index in [4.69, 9.17) is 15.2 Å². The normalized spacial score (nSPS) is 11.1. The molecule has 0 saturated carbocycles. The van der Waals surface area contributed by atoms with Crippen LogP contribution in [0.5, 0.6) is 11.5 Å². The van der Waals surface area contributed by atoms with Gasteiger partial charge in [0.05, 0.1) is 30.4 Å². The highest BCUT2D eigenvalue weighted by molar-refractivity contribution is 6.08. The number of fused-ring (bicyclic) bond motifs is 1. The van der Waals surface area contributed by atoms with Gasteiger partial charge in [0.2, 0.25) is 5.91 Å². The summed E-state index contributed by atoms with van der Waals surface area (Å²) in [5.41, 5.74) is 9.15. The molecule has 192 valence electrons. The molecule has 0 fully saturated rings. The molecule has 0 saturated heterocycles. The van der Waals surface area contributed by atoms with Crippen molar-refractivity contribution in [2.75, 3.05) is 25.6 Å². The zero-order valence-corrected chi connectivity index (χ0v) is 21.9. The van der Waals surface area contributed by atoms with Crippen LogP contribution in [0.1, 0.15) is 50.5 Å². The Bertz CT molecular complexity index is 1240. The van der Waals surface area contributed by atoms with Crippen molar-refractivity contribution in [1.29, 1.82) is 0 Å². The Morgan fingerprint density at radius 2 is 1.83 bits per heavy atom. The number of rotatable bonds is 11. The second-order valence-corrected chi connectivity index (χ2v) is 9.20. The predicted molar refractivity (Wildman–Crippen MR) is 143 cm³/mol. The van der Waals surface area contributed by atoms with Crippen molar-refractivity contribution < 1.29 is 19.1 Å². The molecule has 0 aliphatic heterocycles. The van der Waals surface area contributed by atoms with E-state index in [1.54, 1.807) is 24.1 Å². The summed E-state index contributed by atoms with van der Waals surface area (Å²) < 4.78 is 11.7. The second-order valence-electron chi connectivity index (χ2n) is 9.20. The van der Waals surface area contributed by atoms with Gasteiger partial charge in [0.25, 0.3) is 5.91 Å². The van der Waals surface area contributed by atoms with E-state index in [1.807, 2.05) is 52.0 Å². The molecule has 8 nitrogen and oxygen atoms in total. The van der Waals surface area contributed by atoms with Gasteiger partial charge in [-0.2, -0.15) is 0 Å². The number of methoxy groups -OCH3 is 1. The van der Waals surface area contributed by atoms with Crippen molar-refractivity contribution in [3.8, 4) is 11.5 Å². The first kappa shape index (κ1) is 26.8. The monoisotopic (exact) mass is 492 g/mol. The molecule has 36 heavy (non-hydrogen) atoms. The molecule has 3 N–H and O–H groups in total. The highest BCUT2D eigenvalue weighted by Gasteiger charge is 2.21. The number of ether oxygens (including phenoxy) is 2. The van der Waals surface area contributed by atoms with Gasteiger partial charge in [-0.25, -0.2) is 0 Å². The molecule has 0 unspecified atom stereocenters. The lowest BCUT2D eigenvalue weighted by molar-refractivity contribution is -0.136. The van der Waals surface area contributed by atoms with Crippen molar-refractivity contribution in [3.63, 3.8) is 0 Å². The Balaban J connectivity index is 2.02. The summed E-state index contributed by atoms with van der Waals surface area (Å²) in [6, 6.07) is 11.5. The third-order valence-corrected chi connectivity index (χ3v) is 6.07. The minimum atomic E-state index is -0.584. The van der Waals surface area contributed by atoms with Gasteiger partial charge in [-0.15, -0.1) is 0 Å². The van der Waals surface area contributed by atoms with Crippen molar-refractivity contribution in [2.24, 2.45) is 11.7 Å². The largest absolute Gasteiger partial charge is 0.493 e. The number of carbonyl (C=O) groups excluding carboxylic acids is 2. The quantitative estimate of drug-likeness (QED) is 0.393. The predicted octanol–water partition coefficient (Wildman–Crippen LogP) is 4.92. The molecule has 0 aliphatic carbocycles. The van der Waals surface area contributed by atoms with Gasteiger partial charge in [-0.1, -0.05) is 39.0 Å². The molecule has 2 aromatic carbocycles. The summed E-state index contributed by atoms with van der Waals surface area (Å²) in [7, 11) is 1.56. The Morgan fingerprint density at radius 1 is 1.11 bits per heavy atom. The number of anilines is 2. The zero-order valence-electron chi connectivity index (χ0n) is 21.9. The van der Waals surface area contributed by atoms with E-state index < -0.39 is 5.91 Å². The van der Waals surface area contributed by atoms with E-state index in [0.29, 0.717) is 34.6 Å². The molecule has 8 heteroatoms. The molecule has 1 heterocycles. The third-order valence-electron chi connectivity index (χ3n) is 6.07. The molecular formula is C28H36N4O4. The van der Waals surface area contributed by atoms with Crippen molar-refractivity contribution >= 4 is 34.1 Å². The van der Waals surface area contributed by atoms with E-state index in [1.165, 1.54) is 6.20 Å². The summed E-state index contributed by atoms with van der Waals surface area (Å²) in [6.45, 7) is 10.5. The van der Waals surface area contributed by atoms with E-state index in [9.17, 15) is 9.59 Å². The number of nitrogens with zero attached hydrogens (tertiary/aromatic N) is 2. The number of pyridine rings is 1. The van der Waals surface area contributed by atoms with E-state index >= 15 is 0 Å². The van der Waals surface area contributed by atoms with E-state index in [0.717, 1.165) is 17.7 Å². The van der Waals surface area contributed by atoms with Crippen LogP contribution in [0.15, 0.2) is 42.6 Å². The number of nitrogens with two attached hydrogens (primary N) is 1. The molecule has 3 aromatic rings. The molecule has 1 aromatic heterocycles. The maximum atomic E-state index is 12.6. The van der Waals surface area contributed by atoms with Crippen LogP contribution in [-0.4, -0.2) is 48.0 Å². The Morgan fingerprint density at radius 3 is 2.44 bits per heavy atom. The first-order chi connectivity index (χ1) is 17.2. The third kappa shape index (κ3) is 5.87. The van der Waals surface area contributed by atoms with Gasteiger partial charge in [0.1, 0.15) is 6.61 Å². The number of para-hydroxylation sites is 1. The molecule has 0 bridgehead atoms. The number of hydrogen-bond donors (Lipinski definition) is 2. The minimum absolute atomic E-state index is 0.0544. The van der Waals surface area contributed by atoms with Gasteiger partial charge < -0.3 is 25.4 Å². The number of benzene rings is 2. The zero-order chi connectivity index (χ0) is 26.4. The van der Waals surface area contributed by atoms with Gasteiger partial charge in [-0.3, -0.25) is 14.6 Å². The SMILES string of the molecule is CCc1ccccc1Nc1c(C(N)=O)cnc2cc(OC)c(OCCN(C(=O)C(C)C)C(C)C)cc12. The first-order valence-electron chi connectivity index (χ1n) is 12.3. The number of nitrogens with one attached hydrogen (secondary N) is 1. The Hall–Kier alpha value is -3.81. The van der Waals surface area contributed by atoms with Gasteiger partial charge in [0.15, 0.2) is 11.5 Å². The maximum absolute atomic E-state index is 12.6. The highest BCUT2D eigenvalue weighted by atomic mass is 16.5. The molecule has 0 atom stereocenters. The van der Waals surface area contributed by atoms with Crippen LogP contribution < -0.4 is 20.5 Å². The number of aromatic nitrogens is 1. The summed E-state index contributed by atoms with van der Waals surface area (Å²) >= 11 is 0. The fraction of sp³-hybridized carbons (Fsp3) is 0.393. The summed E-state index contributed by atoms with van der Waals surface area (Å²) in [5.74, 6) is 0.392. The standard InChI is InChI=1S/C28H36N4O4/c1-7-19-10-8-9-11-22(19)31-26-20-14-25(36-13-12-32(18(4)5)28(34)17(2)3)24(35-6)15-23(20)30-16-21(26)27(29)33/h8-11,14-18H,7,12-13H2,1-6H3,(H2,29,33)(H,30,31). The molecule has 0 spiro atoms. The van der Waals surface area contributed by atoms with Crippen LogP contribution in [0, 0.1) is 5.92 Å². The highest BCUT2D eigenvalue weighted by Crippen LogP contribution is 2.37. The van der Waals surface area contributed by atoms with Crippen LogP contribution >= 0.6 is 0 Å². The molecule has 0 radical (unpaired) electrons. The minimum Gasteiger partial charge on any atom is -0.493 e. The molecular weight excluding hydrogens is 456 g/mol. The van der Waals surface area contributed by atoms with Crippen LogP contribution in [0.4, 0.5) is 11.4 Å². The number of aryl methyl sites for hydroxylation is 1. The number of carbonyl (C=O) groups is 2. The average molecular weight is 493 g/mol. The Labute approximate surface area is 212 Å². The summed E-state index contributed by atoms with van der Waals surface area (Å²) in [6.07, 6.45) is 2.29. The maximum Gasteiger partial charge on any atom is 0.252 e. The topological polar surface area (TPSA) is 107 Å². The van der Waals surface area contributed by atoms with Gasteiger partial charge in [0, 0.05) is 35.3 Å². The lowest BCUT2D eigenvalue weighted by Gasteiger charge is -2.28. The summed E-state index contributed by atoms with van der Waals surface area (Å²) in [5, 5.41) is 4.08. The fourth-order valence-electron chi connectivity index (χ4n) is 4.09. The second kappa shape index (κ2) is 11.7. The fourth-order valence-corrected chi connectivity index (χ4v) is 4.09. The lowest BCUT2D eigenvalue weighted by Crippen LogP contribution is -2.42. The van der Waals surface area contributed by atoms with Crippen LogP contribution in [0.2, 0.25) is 0 Å². The van der Waals surface area contributed by atoms with Crippen LogP contribution in [0.3, 0.4) is 0 Å². The summed E-state index contributed by atoms with van der Waals surface area (Å²) in [4.78, 5) is 31.1. The van der Waals surface area contributed by atoms with Crippen LogP contribution in [0.25, 0.3) is 10.9 Å². The van der Waals surface area contributed by atoms with Crippen molar-refractivity contribution in [1.82, 2.24) is 9.88 Å². The molecule has 2 amide bonds. The first-order valence-corrected chi connectivity index (χ1v) is 12.3. The lowest BCUT2D eigenvalue weighted by atomic mass is 10.1. The van der Waals surface area contributed by atoms with Gasteiger partial charge in [-0.05, 0) is 38.0 Å². The van der Waals surface area contributed by atoms with Crippen molar-refractivity contribution in [3.05, 3.63) is 53.7 Å². The number of amides is 2. The average Bonchev–Trinajstić information content (AvgIpc) is 2.85. The van der Waals surface area contributed by atoms with Gasteiger partial charge >= 0.3 is 0 Å². The number of hydrogen-bond acceptors (Lipinski definition) is 6. The van der Waals surface area contributed by atoms with Crippen molar-refractivity contribution in [2.45, 2.75) is 47.1 Å². The van der Waals surface area contributed by atoms with E-state index in [-0.39, 0.29) is 30.0 Å². The number of primary amides is 1. The smallest absolute Gasteiger partial charge is 0.252 e. The van der Waals surface area contributed by atoms with Crippen LogP contribution in [-0.2, 0) is 11.2 Å². The Kier molecular flexibility index (Phi) is 8.74. The molecule has 3 rings (SSSR count). The molecule has 0 aliphatic rings. The van der Waals surface area contributed by atoms with E-state index in [2.05, 4.69) is 17.2 Å².